The summed E-state index contributed by atoms with van der Waals surface area (Å²) in [7, 11) is 0. The fourth-order valence-electron chi connectivity index (χ4n) is 2.59. The van der Waals surface area contributed by atoms with Crippen LogP contribution in [0.25, 0.3) is 0 Å². The van der Waals surface area contributed by atoms with Gasteiger partial charge in [-0.05, 0) is 43.0 Å². The summed E-state index contributed by atoms with van der Waals surface area (Å²) in [5.41, 5.74) is 2.69. The topological polar surface area (TPSA) is 18.5 Å². The third-order valence-electron chi connectivity index (χ3n) is 3.69. The SMILES string of the molecule is CCOC1C(Br)CC1Oc1ccc(C(C)C)c(C)c1. The third kappa shape index (κ3) is 3.32. The van der Waals surface area contributed by atoms with Crippen LogP contribution >= 0.6 is 15.9 Å². The van der Waals surface area contributed by atoms with Gasteiger partial charge in [-0.15, -0.1) is 0 Å². The first-order chi connectivity index (χ1) is 9.02. The Kier molecular flexibility index (Phi) is 4.91. The molecule has 0 radical (unpaired) electrons. The van der Waals surface area contributed by atoms with E-state index in [-0.39, 0.29) is 12.2 Å². The summed E-state index contributed by atoms with van der Waals surface area (Å²) in [6.07, 6.45) is 1.36. The Bertz CT molecular complexity index is 431. The van der Waals surface area contributed by atoms with E-state index in [0.717, 1.165) is 18.8 Å². The number of hydrogen-bond donors (Lipinski definition) is 0. The minimum Gasteiger partial charge on any atom is -0.488 e. The maximum absolute atomic E-state index is 6.05. The van der Waals surface area contributed by atoms with Crippen molar-refractivity contribution >= 4 is 15.9 Å². The van der Waals surface area contributed by atoms with Gasteiger partial charge in [0.25, 0.3) is 0 Å². The number of aryl methyl sites for hydroxylation is 1. The minimum absolute atomic E-state index is 0.175. The number of alkyl halides is 1. The van der Waals surface area contributed by atoms with Gasteiger partial charge in [-0.2, -0.15) is 0 Å². The normalized spacial score (nSPS) is 26.3. The molecule has 3 atom stereocenters. The molecule has 3 unspecified atom stereocenters. The number of rotatable bonds is 5. The van der Waals surface area contributed by atoms with Gasteiger partial charge in [0.05, 0.1) is 0 Å². The molecule has 2 rings (SSSR count). The van der Waals surface area contributed by atoms with Crippen molar-refractivity contribution in [3.05, 3.63) is 29.3 Å². The second-order valence-electron chi connectivity index (χ2n) is 5.50. The first-order valence-electron chi connectivity index (χ1n) is 7.05. The van der Waals surface area contributed by atoms with Crippen LogP contribution in [-0.4, -0.2) is 23.6 Å². The minimum atomic E-state index is 0.175. The van der Waals surface area contributed by atoms with Crippen molar-refractivity contribution < 1.29 is 9.47 Å². The zero-order chi connectivity index (χ0) is 14.0. The Hall–Kier alpha value is -0.540. The van der Waals surface area contributed by atoms with Gasteiger partial charge < -0.3 is 9.47 Å². The van der Waals surface area contributed by atoms with Crippen LogP contribution in [0.3, 0.4) is 0 Å². The molecule has 2 nitrogen and oxygen atoms in total. The van der Waals surface area contributed by atoms with Gasteiger partial charge in [0.2, 0.25) is 0 Å². The van der Waals surface area contributed by atoms with Gasteiger partial charge in [-0.1, -0.05) is 35.8 Å². The first kappa shape index (κ1) is 14.9. The maximum atomic E-state index is 6.05. The van der Waals surface area contributed by atoms with Crippen LogP contribution in [0.15, 0.2) is 18.2 Å². The lowest BCUT2D eigenvalue weighted by molar-refractivity contribution is -0.0723. The number of benzene rings is 1. The van der Waals surface area contributed by atoms with E-state index in [1.165, 1.54) is 11.1 Å². The predicted octanol–water partition coefficient (Wildman–Crippen LogP) is 4.44. The average Bonchev–Trinajstić information content (AvgIpc) is 2.35. The third-order valence-corrected chi connectivity index (χ3v) is 4.59. The Labute approximate surface area is 124 Å². The quantitative estimate of drug-likeness (QED) is 0.745. The van der Waals surface area contributed by atoms with E-state index in [2.05, 4.69) is 54.9 Å². The molecule has 3 heteroatoms. The summed E-state index contributed by atoms with van der Waals surface area (Å²) < 4.78 is 11.7. The highest BCUT2D eigenvalue weighted by Crippen LogP contribution is 2.35. The monoisotopic (exact) mass is 326 g/mol. The molecule has 0 aromatic heterocycles. The van der Waals surface area contributed by atoms with E-state index in [4.69, 9.17) is 9.47 Å². The number of ether oxygens (including phenoxy) is 2. The van der Waals surface area contributed by atoms with Crippen molar-refractivity contribution in [1.29, 1.82) is 0 Å². The highest BCUT2D eigenvalue weighted by atomic mass is 79.9. The lowest BCUT2D eigenvalue weighted by Gasteiger charge is -2.40. The second-order valence-corrected chi connectivity index (χ2v) is 6.68. The molecule has 19 heavy (non-hydrogen) atoms. The van der Waals surface area contributed by atoms with Crippen LogP contribution in [-0.2, 0) is 4.74 Å². The molecule has 1 fully saturated rings. The molecule has 0 heterocycles. The maximum Gasteiger partial charge on any atom is 0.127 e. The van der Waals surface area contributed by atoms with E-state index in [0.29, 0.717) is 10.7 Å². The Morgan fingerprint density at radius 3 is 2.63 bits per heavy atom. The van der Waals surface area contributed by atoms with Crippen molar-refractivity contribution in [3.8, 4) is 5.75 Å². The van der Waals surface area contributed by atoms with E-state index in [1.54, 1.807) is 0 Å². The lowest BCUT2D eigenvalue weighted by Crippen LogP contribution is -2.52. The lowest BCUT2D eigenvalue weighted by atomic mass is 9.91. The van der Waals surface area contributed by atoms with Gasteiger partial charge in [-0.25, -0.2) is 0 Å². The van der Waals surface area contributed by atoms with Gasteiger partial charge in [0, 0.05) is 17.9 Å². The molecular formula is C16H23BrO2. The van der Waals surface area contributed by atoms with E-state index in [9.17, 15) is 0 Å². The van der Waals surface area contributed by atoms with Crippen LogP contribution in [0.2, 0.25) is 0 Å². The molecule has 0 N–H and O–H groups in total. The van der Waals surface area contributed by atoms with Crippen molar-refractivity contribution in [2.45, 2.75) is 57.1 Å². The van der Waals surface area contributed by atoms with Crippen LogP contribution in [0, 0.1) is 6.92 Å². The predicted molar refractivity (Wildman–Crippen MR) is 82.4 cm³/mol. The van der Waals surface area contributed by atoms with Crippen molar-refractivity contribution in [2.24, 2.45) is 0 Å². The fourth-order valence-corrected chi connectivity index (χ4v) is 3.45. The molecular weight excluding hydrogens is 304 g/mol. The molecule has 0 spiro atoms. The first-order valence-corrected chi connectivity index (χ1v) is 7.97. The van der Waals surface area contributed by atoms with Crippen LogP contribution in [0.4, 0.5) is 0 Å². The molecule has 0 bridgehead atoms. The summed E-state index contributed by atoms with van der Waals surface area (Å²) in [5.74, 6) is 1.51. The van der Waals surface area contributed by atoms with Crippen LogP contribution in [0.1, 0.15) is 44.2 Å². The van der Waals surface area contributed by atoms with Gasteiger partial charge in [0.15, 0.2) is 0 Å². The number of halogens is 1. The smallest absolute Gasteiger partial charge is 0.127 e. The highest BCUT2D eigenvalue weighted by molar-refractivity contribution is 9.09. The molecule has 1 aliphatic carbocycles. The van der Waals surface area contributed by atoms with Crippen LogP contribution in [0.5, 0.6) is 5.75 Å². The molecule has 1 saturated carbocycles. The fraction of sp³-hybridized carbons (Fsp3) is 0.625. The Balaban J connectivity index is 2.02. The molecule has 106 valence electrons. The Morgan fingerprint density at radius 2 is 2.11 bits per heavy atom. The Morgan fingerprint density at radius 1 is 1.37 bits per heavy atom. The van der Waals surface area contributed by atoms with Crippen molar-refractivity contribution in [1.82, 2.24) is 0 Å². The summed E-state index contributed by atoms with van der Waals surface area (Å²) in [5, 5.41) is 0. The standard InChI is InChI=1S/C16H23BrO2/c1-5-18-16-14(17)9-15(16)19-12-6-7-13(10(2)3)11(4)8-12/h6-8,10,14-16H,5,9H2,1-4H3. The van der Waals surface area contributed by atoms with E-state index in [1.807, 2.05) is 6.92 Å². The molecule has 1 aliphatic rings. The summed E-state index contributed by atoms with van der Waals surface area (Å²) in [6, 6.07) is 6.39. The van der Waals surface area contributed by atoms with Gasteiger partial charge >= 0.3 is 0 Å². The number of hydrogen-bond acceptors (Lipinski definition) is 2. The molecule has 0 saturated heterocycles. The zero-order valence-electron chi connectivity index (χ0n) is 12.2. The molecule has 1 aromatic rings. The van der Waals surface area contributed by atoms with Gasteiger partial charge in [-0.3, -0.25) is 0 Å². The zero-order valence-corrected chi connectivity index (χ0v) is 13.7. The summed E-state index contributed by atoms with van der Waals surface area (Å²) in [4.78, 5) is 0.425. The summed E-state index contributed by atoms with van der Waals surface area (Å²) >= 11 is 3.62. The summed E-state index contributed by atoms with van der Waals surface area (Å²) in [6.45, 7) is 9.34. The van der Waals surface area contributed by atoms with Gasteiger partial charge in [0.1, 0.15) is 18.0 Å². The molecule has 0 amide bonds. The second kappa shape index (κ2) is 6.27. The highest BCUT2D eigenvalue weighted by Gasteiger charge is 2.42. The van der Waals surface area contributed by atoms with E-state index < -0.39 is 0 Å². The van der Waals surface area contributed by atoms with Crippen molar-refractivity contribution in [3.63, 3.8) is 0 Å². The van der Waals surface area contributed by atoms with Crippen LogP contribution < -0.4 is 4.74 Å². The molecule has 1 aromatic carbocycles. The molecule has 0 aliphatic heterocycles. The largest absolute Gasteiger partial charge is 0.488 e. The van der Waals surface area contributed by atoms with E-state index >= 15 is 0 Å². The average molecular weight is 327 g/mol. The van der Waals surface area contributed by atoms with Crippen molar-refractivity contribution in [2.75, 3.05) is 6.61 Å².